The van der Waals surface area contributed by atoms with Crippen LogP contribution in [0, 0.1) is 11.7 Å². The Hall–Kier alpha value is -3.20. The van der Waals surface area contributed by atoms with E-state index in [-0.39, 0.29) is 16.8 Å². The number of rotatable bonds is 5. The number of fused-ring (bicyclic) bond motifs is 1. The van der Waals surface area contributed by atoms with Gasteiger partial charge in [-0.25, -0.2) is 14.2 Å². The van der Waals surface area contributed by atoms with Crippen molar-refractivity contribution in [2.45, 2.75) is 24.3 Å². The van der Waals surface area contributed by atoms with Gasteiger partial charge in [-0.05, 0) is 30.2 Å². The molecular formula is C20H19FN4O3S. The zero-order valence-electron chi connectivity index (χ0n) is 15.8. The summed E-state index contributed by atoms with van der Waals surface area (Å²) in [5, 5.41) is 1.73. The first-order valence-corrected chi connectivity index (χ1v) is 9.71. The van der Waals surface area contributed by atoms with E-state index in [9.17, 15) is 18.8 Å². The number of para-hydroxylation sites is 2. The summed E-state index contributed by atoms with van der Waals surface area (Å²) in [6, 6.07) is 11.6. The van der Waals surface area contributed by atoms with Crippen LogP contribution >= 0.6 is 11.8 Å². The summed E-state index contributed by atoms with van der Waals surface area (Å²) in [5.41, 5.74) is 5.05. The predicted molar refractivity (Wildman–Crippen MR) is 110 cm³/mol. The highest BCUT2D eigenvalue weighted by molar-refractivity contribution is 8.00. The molecule has 7 nitrogen and oxygen atoms in total. The Morgan fingerprint density at radius 1 is 1.14 bits per heavy atom. The molecule has 3 aromatic rings. The van der Waals surface area contributed by atoms with Crippen molar-refractivity contribution < 1.29 is 14.0 Å². The molecular weight excluding hydrogens is 395 g/mol. The smallest absolute Gasteiger partial charge is 0.318 e. The second kappa shape index (κ2) is 8.44. The van der Waals surface area contributed by atoms with Gasteiger partial charge in [-0.1, -0.05) is 49.9 Å². The molecule has 0 aliphatic rings. The number of nitrogens with two attached hydrogens (primary N) is 1. The van der Waals surface area contributed by atoms with E-state index >= 15 is 0 Å². The van der Waals surface area contributed by atoms with Gasteiger partial charge in [0.1, 0.15) is 5.82 Å². The monoisotopic (exact) mass is 414 g/mol. The highest BCUT2D eigenvalue weighted by Gasteiger charge is 2.28. The quantitative estimate of drug-likeness (QED) is 0.493. The minimum Gasteiger partial charge on any atom is -0.351 e. The van der Waals surface area contributed by atoms with Crippen LogP contribution in [0.5, 0.6) is 0 Å². The number of aromatic nitrogens is 2. The van der Waals surface area contributed by atoms with E-state index < -0.39 is 28.6 Å². The molecule has 3 rings (SSSR count). The van der Waals surface area contributed by atoms with Gasteiger partial charge in [0.05, 0.1) is 21.8 Å². The molecule has 29 heavy (non-hydrogen) atoms. The van der Waals surface area contributed by atoms with E-state index in [2.05, 4.69) is 10.3 Å². The van der Waals surface area contributed by atoms with Crippen LogP contribution in [0.2, 0.25) is 0 Å². The SMILES string of the molecule is CC(C)[C@@H](Sc1nc2ccccc2c(=O)n1-c1ccccc1F)C(=O)NC(N)=O. The summed E-state index contributed by atoms with van der Waals surface area (Å²) < 4.78 is 15.7. The number of benzene rings is 2. The molecule has 0 bridgehead atoms. The molecule has 1 aromatic heterocycles. The average molecular weight is 414 g/mol. The van der Waals surface area contributed by atoms with E-state index in [0.717, 1.165) is 16.3 Å². The maximum absolute atomic E-state index is 14.5. The molecule has 1 atom stereocenters. The van der Waals surface area contributed by atoms with Gasteiger partial charge in [0.25, 0.3) is 5.56 Å². The Morgan fingerprint density at radius 3 is 2.45 bits per heavy atom. The minimum absolute atomic E-state index is 0.0241. The number of urea groups is 1. The summed E-state index contributed by atoms with van der Waals surface area (Å²) in [4.78, 5) is 41.2. The molecule has 1 heterocycles. The average Bonchev–Trinajstić information content (AvgIpc) is 2.66. The molecule has 3 amide bonds. The normalized spacial score (nSPS) is 12.1. The Morgan fingerprint density at radius 2 is 1.79 bits per heavy atom. The second-order valence-corrected chi connectivity index (χ2v) is 7.75. The van der Waals surface area contributed by atoms with Gasteiger partial charge in [0, 0.05) is 0 Å². The highest BCUT2D eigenvalue weighted by Crippen LogP contribution is 2.29. The molecule has 0 saturated heterocycles. The molecule has 0 fully saturated rings. The van der Waals surface area contributed by atoms with Crippen LogP contribution in [0.3, 0.4) is 0 Å². The van der Waals surface area contributed by atoms with Crippen LogP contribution in [-0.4, -0.2) is 26.7 Å². The van der Waals surface area contributed by atoms with Crippen LogP contribution in [-0.2, 0) is 4.79 Å². The Kier molecular flexibility index (Phi) is 5.97. The molecule has 0 unspecified atom stereocenters. The molecule has 0 spiro atoms. The number of thioether (sulfide) groups is 1. The summed E-state index contributed by atoms with van der Waals surface area (Å²) >= 11 is 0.971. The third-order valence-corrected chi connectivity index (χ3v) is 5.68. The van der Waals surface area contributed by atoms with Crippen molar-refractivity contribution in [2.24, 2.45) is 11.7 Å². The predicted octanol–water partition coefficient (Wildman–Crippen LogP) is 2.84. The number of hydrogen-bond acceptors (Lipinski definition) is 5. The number of primary amides is 1. The van der Waals surface area contributed by atoms with Crippen LogP contribution in [0.4, 0.5) is 9.18 Å². The maximum atomic E-state index is 14.5. The number of halogens is 1. The van der Waals surface area contributed by atoms with Crippen molar-refractivity contribution in [3.63, 3.8) is 0 Å². The van der Waals surface area contributed by atoms with Crippen molar-refractivity contribution in [2.75, 3.05) is 0 Å². The fourth-order valence-electron chi connectivity index (χ4n) is 2.84. The van der Waals surface area contributed by atoms with Crippen molar-refractivity contribution in [3.05, 3.63) is 64.7 Å². The summed E-state index contributed by atoms with van der Waals surface area (Å²) in [7, 11) is 0. The number of nitrogens with zero attached hydrogens (tertiary/aromatic N) is 2. The molecule has 0 radical (unpaired) electrons. The molecule has 0 saturated carbocycles. The first-order valence-electron chi connectivity index (χ1n) is 8.83. The van der Waals surface area contributed by atoms with Gasteiger partial charge in [0.2, 0.25) is 5.91 Å². The summed E-state index contributed by atoms with van der Waals surface area (Å²) in [5.74, 6) is -1.44. The van der Waals surface area contributed by atoms with Gasteiger partial charge in [0.15, 0.2) is 5.16 Å². The van der Waals surface area contributed by atoms with E-state index in [4.69, 9.17) is 5.73 Å². The molecule has 9 heteroatoms. The zero-order valence-corrected chi connectivity index (χ0v) is 16.6. The lowest BCUT2D eigenvalue weighted by Gasteiger charge is -2.21. The summed E-state index contributed by atoms with van der Waals surface area (Å²) in [6.07, 6.45) is 0. The maximum Gasteiger partial charge on any atom is 0.318 e. The third kappa shape index (κ3) is 4.29. The van der Waals surface area contributed by atoms with Gasteiger partial charge in [-0.15, -0.1) is 0 Å². The number of imide groups is 1. The van der Waals surface area contributed by atoms with Crippen LogP contribution < -0.4 is 16.6 Å². The van der Waals surface area contributed by atoms with E-state index in [1.807, 2.05) is 0 Å². The molecule has 2 aromatic carbocycles. The van der Waals surface area contributed by atoms with Gasteiger partial charge in [-0.2, -0.15) is 0 Å². The first-order chi connectivity index (χ1) is 13.8. The van der Waals surface area contributed by atoms with Crippen molar-refractivity contribution in [3.8, 4) is 5.69 Å². The van der Waals surface area contributed by atoms with Crippen LogP contribution in [0.1, 0.15) is 13.8 Å². The van der Waals surface area contributed by atoms with Crippen molar-refractivity contribution in [1.29, 1.82) is 0 Å². The largest absolute Gasteiger partial charge is 0.351 e. The summed E-state index contributed by atoms with van der Waals surface area (Å²) in [6.45, 7) is 3.57. The van der Waals surface area contributed by atoms with E-state index in [1.165, 1.54) is 18.2 Å². The Labute approximate surface area is 170 Å². The topological polar surface area (TPSA) is 107 Å². The number of amides is 3. The first kappa shape index (κ1) is 20.5. The molecule has 0 aliphatic carbocycles. The van der Waals surface area contributed by atoms with Crippen molar-refractivity contribution in [1.82, 2.24) is 14.9 Å². The fraction of sp³-hybridized carbons (Fsp3) is 0.200. The molecule has 0 aliphatic heterocycles. The zero-order chi connectivity index (χ0) is 21.1. The molecule has 3 N–H and O–H groups in total. The van der Waals surface area contributed by atoms with Gasteiger partial charge < -0.3 is 5.73 Å². The van der Waals surface area contributed by atoms with E-state index in [1.54, 1.807) is 44.2 Å². The number of carbonyl (C=O) groups excluding carboxylic acids is 2. The van der Waals surface area contributed by atoms with Crippen LogP contribution in [0.15, 0.2) is 58.5 Å². The fourth-order valence-corrected chi connectivity index (χ4v) is 3.94. The number of hydrogen-bond donors (Lipinski definition) is 2. The Bertz CT molecular complexity index is 1150. The van der Waals surface area contributed by atoms with Gasteiger partial charge >= 0.3 is 6.03 Å². The lowest BCUT2D eigenvalue weighted by molar-refractivity contribution is -0.120. The Balaban J connectivity index is 2.21. The number of nitrogens with one attached hydrogen (secondary N) is 1. The van der Waals surface area contributed by atoms with Crippen molar-refractivity contribution >= 4 is 34.6 Å². The minimum atomic E-state index is -0.973. The standard InChI is InChI=1S/C20H19FN4O3S/c1-11(2)16(17(26)24-19(22)28)29-20-23-14-9-5-3-7-12(14)18(27)25(20)15-10-6-4-8-13(15)21/h3-11,16H,1-2H3,(H3,22,24,26,28)/t16-/m1/s1. The lowest BCUT2D eigenvalue weighted by atomic mass is 10.1. The second-order valence-electron chi connectivity index (χ2n) is 6.64. The van der Waals surface area contributed by atoms with E-state index in [0.29, 0.717) is 10.9 Å². The molecule has 150 valence electrons. The third-order valence-electron chi connectivity index (χ3n) is 4.18. The highest BCUT2D eigenvalue weighted by atomic mass is 32.2. The van der Waals surface area contributed by atoms with Gasteiger partial charge in [-0.3, -0.25) is 19.5 Å². The number of carbonyl (C=O) groups is 2. The van der Waals surface area contributed by atoms with Crippen LogP contribution in [0.25, 0.3) is 16.6 Å². The lowest BCUT2D eigenvalue weighted by Crippen LogP contribution is -2.42.